The maximum atomic E-state index is 13.0. The van der Waals surface area contributed by atoms with Crippen molar-refractivity contribution in [1.29, 1.82) is 0 Å². The van der Waals surface area contributed by atoms with Crippen LogP contribution in [0.2, 0.25) is 0 Å². The van der Waals surface area contributed by atoms with Crippen LogP contribution in [0.15, 0.2) is 48.5 Å². The summed E-state index contributed by atoms with van der Waals surface area (Å²) < 4.78 is 13.0. The average Bonchev–Trinajstić information content (AvgIpc) is 2.47. The van der Waals surface area contributed by atoms with E-state index >= 15 is 0 Å². The van der Waals surface area contributed by atoms with Gasteiger partial charge in [-0.15, -0.1) is 0 Å². The second-order valence-electron chi connectivity index (χ2n) is 4.64. The highest BCUT2D eigenvalue weighted by atomic mass is 19.1. The molecule has 0 heterocycles. The molecule has 0 fully saturated rings. The van der Waals surface area contributed by atoms with Gasteiger partial charge in [-0.05, 0) is 36.8 Å². The minimum atomic E-state index is -0.506. The van der Waals surface area contributed by atoms with Gasteiger partial charge in [-0.3, -0.25) is 14.9 Å². The predicted molar refractivity (Wildman–Crippen MR) is 81.9 cm³/mol. The van der Waals surface area contributed by atoms with Gasteiger partial charge < -0.3 is 5.32 Å². The zero-order valence-corrected chi connectivity index (χ0v) is 11.7. The van der Waals surface area contributed by atoms with Crippen molar-refractivity contribution in [3.05, 3.63) is 75.6 Å². The number of amides is 1. The SMILES string of the molecule is Cc1ccc(NC(=O)/C=C/c2cccc(F)c2)cc1[N+](=O)[O-]. The van der Waals surface area contributed by atoms with Crippen molar-refractivity contribution in [1.82, 2.24) is 0 Å². The summed E-state index contributed by atoms with van der Waals surface area (Å²) in [6, 6.07) is 10.2. The van der Waals surface area contributed by atoms with E-state index in [-0.39, 0.29) is 5.69 Å². The Kier molecular flexibility index (Phi) is 4.63. The molecule has 0 bridgehead atoms. The second kappa shape index (κ2) is 6.62. The van der Waals surface area contributed by atoms with Gasteiger partial charge in [-0.25, -0.2) is 4.39 Å². The Morgan fingerprint density at radius 3 is 2.73 bits per heavy atom. The van der Waals surface area contributed by atoms with Gasteiger partial charge in [0.15, 0.2) is 0 Å². The third-order valence-corrected chi connectivity index (χ3v) is 2.95. The Morgan fingerprint density at radius 1 is 1.27 bits per heavy atom. The van der Waals surface area contributed by atoms with Gasteiger partial charge in [-0.2, -0.15) is 0 Å². The normalized spacial score (nSPS) is 10.6. The van der Waals surface area contributed by atoms with Gasteiger partial charge >= 0.3 is 0 Å². The van der Waals surface area contributed by atoms with Crippen LogP contribution in [0.4, 0.5) is 15.8 Å². The minimum absolute atomic E-state index is 0.0630. The van der Waals surface area contributed by atoms with Crippen molar-refractivity contribution in [2.75, 3.05) is 5.32 Å². The van der Waals surface area contributed by atoms with E-state index in [1.54, 1.807) is 25.1 Å². The molecule has 0 aliphatic carbocycles. The van der Waals surface area contributed by atoms with Crippen LogP contribution in [-0.2, 0) is 4.79 Å². The molecule has 0 aliphatic rings. The van der Waals surface area contributed by atoms with Gasteiger partial charge in [0.2, 0.25) is 5.91 Å². The van der Waals surface area contributed by atoms with Gasteiger partial charge in [-0.1, -0.05) is 18.2 Å². The summed E-state index contributed by atoms with van der Waals surface area (Å²) in [6.07, 6.45) is 2.70. The molecule has 6 heteroatoms. The number of nitrogens with zero attached hydrogens (tertiary/aromatic N) is 1. The number of nitro benzene ring substituents is 1. The number of carbonyl (C=O) groups excluding carboxylic acids is 1. The molecule has 0 saturated heterocycles. The number of carbonyl (C=O) groups is 1. The molecule has 0 saturated carbocycles. The molecule has 0 spiro atoms. The quantitative estimate of drug-likeness (QED) is 0.531. The lowest BCUT2D eigenvalue weighted by atomic mass is 10.2. The van der Waals surface area contributed by atoms with Crippen molar-refractivity contribution in [3.63, 3.8) is 0 Å². The summed E-state index contributed by atoms with van der Waals surface area (Å²) in [4.78, 5) is 22.1. The van der Waals surface area contributed by atoms with Gasteiger partial charge in [0.1, 0.15) is 5.82 Å². The largest absolute Gasteiger partial charge is 0.322 e. The van der Waals surface area contributed by atoms with Crippen molar-refractivity contribution in [3.8, 4) is 0 Å². The van der Waals surface area contributed by atoms with E-state index in [4.69, 9.17) is 0 Å². The summed E-state index contributed by atoms with van der Waals surface area (Å²) in [5.74, 6) is -0.848. The molecule has 2 aromatic rings. The fourth-order valence-corrected chi connectivity index (χ4v) is 1.85. The Balaban J connectivity index is 2.09. The molecular formula is C16H13FN2O3. The van der Waals surface area contributed by atoms with Crippen molar-refractivity contribution in [2.45, 2.75) is 6.92 Å². The van der Waals surface area contributed by atoms with E-state index in [9.17, 15) is 19.3 Å². The van der Waals surface area contributed by atoms with E-state index in [1.165, 1.54) is 36.4 Å². The topological polar surface area (TPSA) is 72.2 Å². The molecule has 0 radical (unpaired) electrons. The van der Waals surface area contributed by atoms with E-state index in [1.807, 2.05) is 0 Å². The summed E-state index contributed by atoms with van der Waals surface area (Å²) >= 11 is 0. The number of hydrogen-bond acceptors (Lipinski definition) is 3. The number of aryl methyl sites for hydroxylation is 1. The Bertz CT molecular complexity index is 757. The van der Waals surface area contributed by atoms with Crippen LogP contribution < -0.4 is 5.32 Å². The van der Waals surface area contributed by atoms with Crippen LogP contribution in [-0.4, -0.2) is 10.8 Å². The van der Waals surface area contributed by atoms with Crippen molar-refractivity contribution >= 4 is 23.4 Å². The predicted octanol–water partition coefficient (Wildman–Crippen LogP) is 3.69. The second-order valence-corrected chi connectivity index (χ2v) is 4.64. The number of hydrogen-bond donors (Lipinski definition) is 1. The lowest BCUT2D eigenvalue weighted by Crippen LogP contribution is -2.08. The number of anilines is 1. The van der Waals surface area contributed by atoms with Gasteiger partial charge in [0.05, 0.1) is 4.92 Å². The monoisotopic (exact) mass is 300 g/mol. The molecule has 0 atom stereocenters. The summed E-state index contributed by atoms with van der Waals surface area (Å²) in [5, 5.41) is 13.4. The third kappa shape index (κ3) is 3.99. The van der Waals surface area contributed by atoms with E-state index < -0.39 is 16.6 Å². The molecule has 2 rings (SSSR count). The maximum Gasteiger partial charge on any atom is 0.274 e. The average molecular weight is 300 g/mol. The molecule has 5 nitrogen and oxygen atoms in total. The number of benzene rings is 2. The lowest BCUT2D eigenvalue weighted by molar-refractivity contribution is -0.385. The molecule has 0 unspecified atom stereocenters. The van der Waals surface area contributed by atoms with E-state index in [0.29, 0.717) is 16.8 Å². The van der Waals surface area contributed by atoms with Crippen molar-refractivity contribution < 1.29 is 14.1 Å². The fraction of sp³-hybridized carbons (Fsp3) is 0.0625. The highest BCUT2D eigenvalue weighted by molar-refractivity contribution is 6.02. The van der Waals surface area contributed by atoms with Crippen molar-refractivity contribution in [2.24, 2.45) is 0 Å². The molecular weight excluding hydrogens is 287 g/mol. The third-order valence-electron chi connectivity index (χ3n) is 2.95. The molecule has 112 valence electrons. The Hall–Kier alpha value is -3.02. The molecule has 2 aromatic carbocycles. The van der Waals surface area contributed by atoms with E-state index in [0.717, 1.165) is 0 Å². The van der Waals surface area contributed by atoms with Gasteiger partial charge in [0.25, 0.3) is 5.69 Å². The molecule has 1 amide bonds. The zero-order chi connectivity index (χ0) is 16.1. The first-order chi connectivity index (χ1) is 10.5. The molecule has 22 heavy (non-hydrogen) atoms. The van der Waals surface area contributed by atoms with Gasteiger partial charge in [0, 0.05) is 23.4 Å². The first-order valence-electron chi connectivity index (χ1n) is 6.45. The zero-order valence-electron chi connectivity index (χ0n) is 11.7. The fourth-order valence-electron chi connectivity index (χ4n) is 1.85. The standard InChI is InChI=1S/C16H13FN2O3/c1-11-5-7-14(10-15(11)19(21)22)18-16(20)8-6-12-3-2-4-13(17)9-12/h2-10H,1H3,(H,18,20)/b8-6+. The highest BCUT2D eigenvalue weighted by Gasteiger charge is 2.11. The number of nitro groups is 1. The van der Waals surface area contributed by atoms with Crippen LogP contribution in [0.25, 0.3) is 6.08 Å². The summed E-state index contributed by atoms with van der Waals surface area (Å²) in [7, 11) is 0. The van der Waals surface area contributed by atoms with Crippen LogP contribution in [0, 0.1) is 22.9 Å². The number of nitrogens with one attached hydrogen (secondary N) is 1. The van der Waals surface area contributed by atoms with Crippen LogP contribution in [0.1, 0.15) is 11.1 Å². The van der Waals surface area contributed by atoms with Crippen LogP contribution >= 0.6 is 0 Å². The smallest absolute Gasteiger partial charge is 0.274 e. The van der Waals surface area contributed by atoms with Crippen LogP contribution in [0.5, 0.6) is 0 Å². The molecule has 0 aromatic heterocycles. The number of halogens is 1. The first-order valence-corrected chi connectivity index (χ1v) is 6.45. The summed E-state index contributed by atoms with van der Waals surface area (Å²) in [6.45, 7) is 1.62. The number of rotatable bonds is 4. The maximum absolute atomic E-state index is 13.0. The first kappa shape index (κ1) is 15.4. The molecule has 0 aliphatic heterocycles. The minimum Gasteiger partial charge on any atom is -0.322 e. The Morgan fingerprint density at radius 2 is 2.05 bits per heavy atom. The lowest BCUT2D eigenvalue weighted by Gasteiger charge is -2.03. The Labute approximate surface area is 126 Å². The summed E-state index contributed by atoms with van der Waals surface area (Å²) in [5.41, 5.74) is 1.32. The highest BCUT2D eigenvalue weighted by Crippen LogP contribution is 2.22. The van der Waals surface area contributed by atoms with Crippen LogP contribution in [0.3, 0.4) is 0 Å². The van der Waals surface area contributed by atoms with E-state index in [2.05, 4.69) is 5.32 Å². The molecule has 1 N–H and O–H groups in total.